The lowest BCUT2D eigenvalue weighted by molar-refractivity contribution is 0.112. The number of carbonyl (C=O) groups excluding carboxylic acids is 1. The van der Waals surface area contributed by atoms with Crippen LogP contribution in [0.5, 0.6) is 5.75 Å². The molecule has 1 heterocycles. The SMILES string of the molecule is COc1ccc2c(c1)CCc1c-2occ(C=O)c1=O. The van der Waals surface area contributed by atoms with Gasteiger partial charge in [0, 0.05) is 11.1 Å². The molecule has 0 spiro atoms. The molecule has 4 heteroatoms. The van der Waals surface area contributed by atoms with Crippen LogP contribution in [0.15, 0.2) is 33.7 Å². The number of aldehydes is 1. The molecule has 0 saturated carbocycles. The maximum absolute atomic E-state index is 12.1. The maximum Gasteiger partial charge on any atom is 0.199 e. The van der Waals surface area contributed by atoms with Gasteiger partial charge < -0.3 is 9.15 Å². The van der Waals surface area contributed by atoms with E-state index in [9.17, 15) is 9.59 Å². The van der Waals surface area contributed by atoms with Gasteiger partial charge in [0.05, 0.1) is 12.7 Å². The van der Waals surface area contributed by atoms with Crippen molar-refractivity contribution >= 4 is 6.29 Å². The summed E-state index contributed by atoms with van der Waals surface area (Å²) in [6.45, 7) is 0. The van der Waals surface area contributed by atoms with Crippen LogP contribution < -0.4 is 10.2 Å². The molecule has 0 saturated heterocycles. The van der Waals surface area contributed by atoms with E-state index in [-0.39, 0.29) is 11.0 Å². The van der Waals surface area contributed by atoms with Crippen LogP contribution in [0.4, 0.5) is 0 Å². The molecular formula is C15H12O4. The molecule has 0 fully saturated rings. The molecule has 0 N–H and O–H groups in total. The van der Waals surface area contributed by atoms with Crippen LogP contribution in [0, 0.1) is 0 Å². The van der Waals surface area contributed by atoms with E-state index < -0.39 is 0 Å². The minimum atomic E-state index is -0.224. The molecule has 0 unspecified atom stereocenters. The molecule has 0 radical (unpaired) electrons. The largest absolute Gasteiger partial charge is 0.497 e. The molecule has 4 nitrogen and oxygen atoms in total. The summed E-state index contributed by atoms with van der Waals surface area (Å²) in [7, 11) is 1.62. The first kappa shape index (κ1) is 11.7. The van der Waals surface area contributed by atoms with Gasteiger partial charge in [0.1, 0.15) is 17.8 Å². The lowest BCUT2D eigenvalue weighted by atomic mass is 9.89. The van der Waals surface area contributed by atoms with Crippen molar-refractivity contribution < 1.29 is 13.9 Å². The van der Waals surface area contributed by atoms with Crippen LogP contribution >= 0.6 is 0 Å². The van der Waals surface area contributed by atoms with Gasteiger partial charge in [0.2, 0.25) is 0 Å². The molecule has 0 atom stereocenters. The van der Waals surface area contributed by atoms with Crippen LogP contribution in [0.2, 0.25) is 0 Å². The van der Waals surface area contributed by atoms with Crippen molar-refractivity contribution in [2.75, 3.05) is 7.11 Å². The fourth-order valence-electron chi connectivity index (χ4n) is 2.44. The van der Waals surface area contributed by atoms with E-state index in [2.05, 4.69) is 0 Å². The number of carbonyl (C=O) groups is 1. The number of benzene rings is 1. The van der Waals surface area contributed by atoms with E-state index >= 15 is 0 Å². The van der Waals surface area contributed by atoms with E-state index in [1.54, 1.807) is 7.11 Å². The van der Waals surface area contributed by atoms with Gasteiger partial charge in [0.15, 0.2) is 11.7 Å². The van der Waals surface area contributed by atoms with Gasteiger partial charge in [-0.15, -0.1) is 0 Å². The summed E-state index contributed by atoms with van der Waals surface area (Å²) in [5.41, 5.74) is 2.43. The Balaban J connectivity index is 2.23. The van der Waals surface area contributed by atoms with Gasteiger partial charge in [-0.3, -0.25) is 9.59 Å². The Kier molecular flexibility index (Phi) is 2.71. The summed E-state index contributed by atoms with van der Waals surface area (Å²) in [5, 5.41) is 0. The fourth-order valence-corrected chi connectivity index (χ4v) is 2.44. The van der Waals surface area contributed by atoms with Crippen LogP contribution in [-0.4, -0.2) is 13.4 Å². The first-order valence-corrected chi connectivity index (χ1v) is 6.01. The molecule has 0 aliphatic heterocycles. The van der Waals surface area contributed by atoms with Crippen molar-refractivity contribution in [1.82, 2.24) is 0 Å². The van der Waals surface area contributed by atoms with Crippen molar-refractivity contribution in [3.05, 3.63) is 51.4 Å². The lowest BCUT2D eigenvalue weighted by Crippen LogP contribution is -2.18. The summed E-state index contributed by atoms with van der Waals surface area (Å²) < 4.78 is 10.7. The van der Waals surface area contributed by atoms with Crippen LogP contribution in [0.1, 0.15) is 21.5 Å². The second kappa shape index (κ2) is 4.39. The zero-order valence-electron chi connectivity index (χ0n) is 10.4. The van der Waals surface area contributed by atoms with Crippen LogP contribution in [0.25, 0.3) is 11.3 Å². The van der Waals surface area contributed by atoms with Gasteiger partial charge >= 0.3 is 0 Å². The average Bonchev–Trinajstić information content (AvgIpc) is 2.46. The predicted octanol–water partition coefficient (Wildman–Crippen LogP) is 2.23. The second-order valence-corrected chi connectivity index (χ2v) is 4.47. The summed E-state index contributed by atoms with van der Waals surface area (Å²) in [5.74, 6) is 1.36. The topological polar surface area (TPSA) is 56.5 Å². The average molecular weight is 256 g/mol. The smallest absolute Gasteiger partial charge is 0.199 e. The third-order valence-corrected chi connectivity index (χ3v) is 3.44. The first-order chi connectivity index (χ1) is 9.24. The summed E-state index contributed by atoms with van der Waals surface area (Å²) in [6, 6.07) is 5.67. The zero-order valence-corrected chi connectivity index (χ0v) is 10.4. The molecule has 96 valence electrons. The fraction of sp³-hybridized carbons (Fsp3) is 0.200. The van der Waals surface area contributed by atoms with Crippen molar-refractivity contribution in [2.24, 2.45) is 0 Å². The monoisotopic (exact) mass is 256 g/mol. The van der Waals surface area contributed by atoms with Gasteiger partial charge in [-0.25, -0.2) is 0 Å². The van der Waals surface area contributed by atoms with Gasteiger partial charge in [-0.1, -0.05) is 0 Å². The first-order valence-electron chi connectivity index (χ1n) is 6.01. The highest BCUT2D eigenvalue weighted by Gasteiger charge is 2.22. The van der Waals surface area contributed by atoms with E-state index in [0.29, 0.717) is 24.0 Å². The summed E-state index contributed by atoms with van der Waals surface area (Å²) in [6.07, 6.45) is 3.09. The molecule has 0 bridgehead atoms. The van der Waals surface area contributed by atoms with E-state index in [1.165, 1.54) is 6.26 Å². The Bertz CT molecular complexity index is 713. The normalized spacial score (nSPS) is 12.5. The third kappa shape index (κ3) is 1.76. The minimum Gasteiger partial charge on any atom is -0.497 e. The number of aryl methyl sites for hydroxylation is 1. The highest BCUT2D eigenvalue weighted by atomic mass is 16.5. The number of hydrogen-bond acceptors (Lipinski definition) is 4. The molecular weight excluding hydrogens is 244 g/mol. The minimum absolute atomic E-state index is 0.0794. The highest BCUT2D eigenvalue weighted by molar-refractivity contribution is 5.77. The number of ether oxygens (including phenoxy) is 1. The quantitative estimate of drug-likeness (QED) is 0.773. The van der Waals surface area contributed by atoms with E-state index in [0.717, 1.165) is 23.3 Å². The number of hydrogen-bond donors (Lipinski definition) is 0. The predicted molar refractivity (Wildman–Crippen MR) is 69.8 cm³/mol. The Labute approximate surface area is 109 Å². The maximum atomic E-state index is 12.1. The Morgan fingerprint density at radius 3 is 2.89 bits per heavy atom. The summed E-state index contributed by atoms with van der Waals surface area (Å²) >= 11 is 0. The second-order valence-electron chi connectivity index (χ2n) is 4.47. The van der Waals surface area contributed by atoms with Crippen molar-refractivity contribution in [3.63, 3.8) is 0 Å². The molecule has 19 heavy (non-hydrogen) atoms. The lowest BCUT2D eigenvalue weighted by Gasteiger charge is -2.18. The number of rotatable bonds is 2. The Morgan fingerprint density at radius 1 is 1.32 bits per heavy atom. The zero-order chi connectivity index (χ0) is 13.4. The van der Waals surface area contributed by atoms with Crippen LogP contribution in [-0.2, 0) is 12.8 Å². The Morgan fingerprint density at radius 2 is 2.16 bits per heavy atom. The van der Waals surface area contributed by atoms with Gasteiger partial charge in [-0.05, 0) is 36.6 Å². The van der Waals surface area contributed by atoms with E-state index in [1.807, 2.05) is 18.2 Å². The number of methoxy groups -OCH3 is 1. The van der Waals surface area contributed by atoms with Crippen LogP contribution in [0.3, 0.4) is 0 Å². The standard InChI is InChI=1S/C15H12O4/c1-18-11-3-5-12-9(6-11)2-4-13-14(17)10(7-16)8-19-15(12)13/h3,5-8H,2,4H2,1H3. The molecule has 1 aliphatic carbocycles. The molecule has 2 aromatic rings. The Hall–Kier alpha value is -2.36. The molecule has 1 aliphatic rings. The van der Waals surface area contributed by atoms with Crippen molar-refractivity contribution in [1.29, 1.82) is 0 Å². The van der Waals surface area contributed by atoms with Crippen molar-refractivity contribution in [2.45, 2.75) is 12.8 Å². The summed E-state index contributed by atoms with van der Waals surface area (Å²) in [4.78, 5) is 22.8. The molecule has 0 amide bonds. The molecule has 1 aromatic carbocycles. The van der Waals surface area contributed by atoms with E-state index in [4.69, 9.17) is 9.15 Å². The van der Waals surface area contributed by atoms with Gasteiger partial charge in [-0.2, -0.15) is 0 Å². The van der Waals surface area contributed by atoms with Gasteiger partial charge in [0.25, 0.3) is 0 Å². The number of fused-ring (bicyclic) bond motifs is 3. The molecule has 1 aromatic heterocycles. The molecule has 3 rings (SSSR count). The third-order valence-electron chi connectivity index (χ3n) is 3.44. The van der Waals surface area contributed by atoms with Crippen molar-refractivity contribution in [3.8, 4) is 17.1 Å². The highest BCUT2D eigenvalue weighted by Crippen LogP contribution is 2.34.